The molecule has 1 aliphatic carbocycles. The summed E-state index contributed by atoms with van der Waals surface area (Å²) in [5, 5.41) is 3.00. The molecule has 1 aromatic carbocycles. The molecular weight excluding hydrogens is 294 g/mol. The van der Waals surface area contributed by atoms with E-state index in [9.17, 15) is 4.79 Å². The van der Waals surface area contributed by atoms with Crippen molar-refractivity contribution in [2.45, 2.75) is 25.7 Å². The lowest BCUT2D eigenvalue weighted by Crippen LogP contribution is -2.28. The maximum atomic E-state index is 12.1. The minimum absolute atomic E-state index is 0.0498. The van der Waals surface area contributed by atoms with E-state index in [4.69, 9.17) is 4.74 Å². The molecule has 0 aromatic heterocycles. The van der Waals surface area contributed by atoms with E-state index in [1.54, 1.807) is 13.2 Å². The summed E-state index contributed by atoms with van der Waals surface area (Å²) in [7, 11) is 1.58. The van der Waals surface area contributed by atoms with Gasteiger partial charge in [0.2, 0.25) is 0 Å². The molecule has 0 unspecified atom stereocenters. The molecular formula is C14H18BrNO2. The van der Waals surface area contributed by atoms with Gasteiger partial charge >= 0.3 is 0 Å². The Kier molecular flexibility index (Phi) is 4.64. The summed E-state index contributed by atoms with van der Waals surface area (Å²) < 4.78 is 6.14. The number of hydrogen-bond donors (Lipinski definition) is 1. The van der Waals surface area contributed by atoms with E-state index in [0.717, 1.165) is 11.0 Å². The normalized spacial score (nSPS) is 15.7. The van der Waals surface area contributed by atoms with Crippen LogP contribution in [0.25, 0.3) is 0 Å². The van der Waals surface area contributed by atoms with Gasteiger partial charge in [-0.1, -0.05) is 28.8 Å². The molecule has 1 amide bonds. The maximum Gasteiger partial charge on any atom is 0.255 e. The number of carbonyl (C=O) groups excluding carboxylic acids is 1. The van der Waals surface area contributed by atoms with E-state index in [1.165, 1.54) is 25.7 Å². The van der Waals surface area contributed by atoms with Crippen LogP contribution in [0.4, 0.5) is 0 Å². The Morgan fingerprint density at radius 3 is 2.83 bits per heavy atom. The fraction of sp³-hybridized carbons (Fsp3) is 0.500. The van der Waals surface area contributed by atoms with E-state index in [2.05, 4.69) is 21.2 Å². The average molecular weight is 312 g/mol. The van der Waals surface area contributed by atoms with Crippen LogP contribution in [0.3, 0.4) is 0 Å². The zero-order chi connectivity index (χ0) is 13.0. The van der Waals surface area contributed by atoms with Crippen molar-refractivity contribution in [2.24, 2.45) is 5.92 Å². The Morgan fingerprint density at radius 2 is 2.17 bits per heavy atom. The van der Waals surface area contributed by atoms with Crippen molar-refractivity contribution in [2.75, 3.05) is 13.7 Å². The summed E-state index contributed by atoms with van der Waals surface area (Å²) in [6.07, 6.45) is 5.06. The summed E-state index contributed by atoms with van der Waals surface area (Å²) >= 11 is 3.37. The Morgan fingerprint density at radius 1 is 1.44 bits per heavy atom. The van der Waals surface area contributed by atoms with Gasteiger partial charge in [-0.2, -0.15) is 0 Å². The average Bonchev–Trinajstić information content (AvgIpc) is 2.88. The lowest BCUT2D eigenvalue weighted by molar-refractivity contribution is 0.0944. The first kappa shape index (κ1) is 13.4. The van der Waals surface area contributed by atoms with E-state index in [1.807, 2.05) is 12.1 Å². The van der Waals surface area contributed by atoms with Crippen LogP contribution in [0.2, 0.25) is 0 Å². The molecule has 1 fully saturated rings. The van der Waals surface area contributed by atoms with Gasteiger partial charge in [0.1, 0.15) is 5.75 Å². The minimum atomic E-state index is -0.0498. The monoisotopic (exact) mass is 311 g/mol. The number of rotatable bonds is 4. The number of methoxy groups -OCH3 is 1. The van der Waals surface area contributed by atoms with Crippen molar-refractivity contribution in [1.82, 2.24) is 5.32 Å². The van der Waals surface area contributed by atoms with Crippen molar-refractivity contribution in [3.05, 3.63) is 28.2 Å². The minimum Gasteiger partial charge on any atom is -0.496 e. The largest absolute Gasteiger partial charge is 0.496 e. The van der Waals surface area contributed by atoms with Gasteiger partial charge in [-0.25, -0.2) is 0 Å². The van der Waals surface area contributed by atoms with E-state index in [0.29, 0.717) is 17.2 Å². The molecule has 0 spiro atoms. The quantitative estimate of drug-likeness (QED) is 0.925. The lowest BCUT2D eigenvalue weighted by atomic mass is 10.1. The Hall–Kier alpha value is -1.03. The van der Waals surface area contributed by atoms with E-state index < -0.39 is 0 Å². The van der Waals surface area contributed by atoms with Gasteiger partial charge in [0.05, 0.1) is 12.7 Å². The number of amides is 1. The van der Waals surface area contributed by atoms with Gasteiger partial charge in [-0.3, -0.25) is 4.79 Å². The molecule has 0 heterocycles. The van der Waals surface area contributed by atoms with Gasteiger partial charge in [0.25, 0.3) is 5.91 Å². The third kappa shape index (κ3) is 3.25. The molecule has 98 valence electrons. The van der Waals surface area contributed by atoms with Crippen LogP contribution >= 0.6 is 15.9 Å². The van der Waals surface area contributed by atoms with Crippen LogP contribution < -0.4 is 10.1 Å². The highest BCUT2D eigenvalue weighted by Gasteiger charge is 2.17. The standard InChI is InChI=1S/C14H18BrNO2/c1-18-13-8-11(15)6-7-12(13)14(17)16-9-10-4-2-3-5-10/h6-8,10H,2-5,9H2,1H3,(H,16,17). The molecule has 0 radical (unpaired) electrons. The number of halogens is 1. The van der Waals surface area contributed by atoms with Crippen LogP contribution in [0.15, 0.2) is 22.7 Å². The van der Waals surface area contributed by atoms with E-state index >= 15 is 0 Å². The fourth-order valence-corrected chi connectivity index (χ4v) is 2.74. The first-order valence-corrected chi connectivity index (χ1v) is 7.11. The Balaban J connectivity index is 1.99. The van der Waals surface area contributed by atoms with Gasteiger partial charge in [-0.05, 0) is 37.0 Å². The summed E-state index contributed by atoms with van der Waals surface area (Å²) in [6.45, 7) is 0.776. The third-order valence-electron chi connectivity index (χ3n) is 3.43. The first-order valence-electron chi connectivity index (χ1n) is 6.32. The van der Waals surface area contributed by atoms with Crippen LogP contribution in [0.1, 0.15) is 36.0 Å². The molecule has 1 N–H and O–H groups in total. The topological polar surface area (TPSA) is 38.3 Å². The summed E-state index contributed by atoms with van der Waals surface area (Å²) in [5.41, 5.74) is 0.596. The molecule has 0 saturated heterocycles. The molecule has 1 aliphatic rings. The second-order valence-corrected chi connectivity index (χ2v) is 5.62. The van der Waals surface area contributed by atoms with Crippen LogP contribution in [0, 0.1) is 5.92 Å². The van der Waals surface area contributed by atoms with Crippen molar-refractivity contribution in [3.8, 4) is 5.75 Å². The Labute approximate surface area is 116 Å². The Bertz CT molecular complexity index is 428. The van der Waals surface area contributed by atoms with Crippen LogP contribution in [-0.2, 0) is 0 Å². The molecule has 0 atom stereocenters. The number of benzene rings is 1. The highest BCUT2D eigenvalue weighted by atomic mass is 79.9. The zero-order valence-corrected chi connectivity index (χ0v) is 12.1. The summed E-state index contributed by atoms with van der Waals surface area (Å²) in [6, 6.07) is 5.45. The number of nitrogens with one attached hydrogen (secondary N) is 1. The smallest absolute Gasteiger partial charge is 0.255 e. The molecule has 2 rings (SSSR count). The third-order valence-corrected chi connectivity index (χ3v) is 3.93. The van der Waals surface area contributed by atoms with Crippen molar-refractivity contribution < 1.29 is 9.53 Å². The van der Waals surface area contributed by atoms with Gasteiger partial charge < -0.3 is 10.1 Å². The zero-order valence-electron chi connectivity index (χ0n) is 10.5. The molecule has 18 heavy (non-hydrogen) atoms. The van der Waals surface area contributed by atoms with E-state index in [-0.39, 0.29) is 5.91 Å². The molecule has 1 aromatic rings. The van der Waals surface area contributed by atoms with Gasteiger partial charge in [-0.15, -0.1) is 0 Å². The maximum absolute atomic E-state index is 12.1. The second kappa shape index (κ2) is 6.23. The summed E-state index contributed by atoms with van der Waals surface area (Å²) in [4.78, 5) is 12.1. The van der Waals surface area contributed by atoms with Gasteiger partial charge in [0, 0.05) is 11.0 Å². The number of carbonyl (C=O) groups is 1. The lowest BCUT2D eigenvalue weighted by Gasteiger charge is -2.12. The van der Waals surface area contributed by atoms with Crippen molar-refractivity contribution >= 4 is 21.8 Å². The SMILES string of the molecule is COc1cc(Br)ccc1C(=O)NCC1CCCC1. The van der Waals surface area contributed by atoms with Crippen LogP contribution in [-0.4, -0.2) is 19.6 Å². The molecule has 0 aliphatic heterocycles. The second-order valence-electron chi connectivity index (χ2n) is 4.71. The van der Waals surface area contributed by atoms with Crippen molar-refractivity contribution in [3.63, 3.8) is 0 Å². The first-order chi connectivity index (χ1) is 8.70. The van der Waals surface area contributed by atoms with Gasteiger partial charge in [0.15, 0.2) is 0 Å². The molecule has 0 bridgehead atoms. The molecule has 4 heteroatoms. The highest BCUT2D eigenvalue weighted by Crippen LogP contribution is 2.25. The number of ether oxygens (including phenoxy) is 1. The fourth-order valence-electron chi connectivity index (χ4n) is 2.40. The predicted molar refractivity (Wildman–Crippen MR) is 75.0 cm³/mol. The molecule has 3 nitrogen and oxygen atoms in total. The molecule has 1 saturated carbocycles. The highest BCUT2D eigenvalue weighted by molar-refractivity contribution is 9.10. The van der Waals surface area contributed by atoms with Crippen LogP contribution in [0.5, 0.6) is 5.75 Å². The predicted octanol–water partition coefficient (Wildman–Crippen LogP) is 3.38. The summed E-state index contributed by atoms with van der Waals surface area (Å²) in [5.74, 6) is 1.20. The number of hydrogen-bond acceptors (Lipinski definition) is 2. The van der Waals surface area contributed by atoms with Crippen molar-refractivity contribution in [1.29, 1.82) is 0 Å².